The van der Waals surface area contributed by atoms with Crippen LogP contribution in [0.2, 0.25) is 0 Å². The summed E-state index contributed by atoms with van der Waals surface area (Å²) in [7, 11) is -1.53. The Morgan fingerprint density at radius 3 is 1.56 bits per heavy atom. The van der Waals surface area contributed by atoms with Gasteiger partial charge in [-0.15, -0.1) is 5.54 Å². The first-order valence-electron chi connectivity index (χ1n) is 8.76. The summed E-state index contributed by atoms with van der Waals surface area (Å²) in [4.78, 5) is 0. The summed E-state index contributed by atoms with van der Waals surface area (Å²) in [6.45, 7) is 6.71. The third-order valence-electron chi connectivity index (χ3n) is 4.38. The fourth-order valence-corrected chi connectivity index (χ4v) is 5.10. The molecule has 0 saturated carbocycles. The Morgan fingerprint density at radius 1 is 0.640 bits per heavy atom. The van der Waals surface area contributed by atoms with E-state index in [1.807, 2.05) is 0 Å². The van der Waals surface area contributed by atoms with Crippen LogP contribution in [0.25, 0.3) is 0 Å². The van der Waals surface area contributed by atoms with E-state index < -0.39 is 8.80 Å². The van der Waals surface area contributed by atoms with Crippen LogP contribution in [0.1, 0.15) is 31.9 Å². The third-order valence-corrected chi connectivity index (χ3v) is 6.91. The van der Waals surface area contributed by atoms with E-state index in [1.165, 1.54) is 15.9 Å². The number of hydrogen-bond acceptors (Lipinski definition) is 0. The van der Waals surface area contributed by atoms with E-state index in [9.17, 15) is 0 Å². The van der Waals surface area contributed by atoms with Crippen molar-refractivity contribution in [1.29, 1.82) is 0 Å². The first-order valence-corrected chi connectivity index (χ1v) is 10.5. The SMILES string of the molecule is CC(C)(C)c1ccc(C#C[SiH](c2ccccc2)c2ccccc2)cc1. The van der Waals surface area contributed by atoms with Gasteiger partial charge in [-0.3, -0.25) is 0 Å². The molecule has 0 aromatic heterocycles. The molecule has 0 bridgehead atoms. The molecule has 0 N–H and O–H groups in total. The first kappa shape index (κ1) is 17.3. The second-order valence-electron chi connectivity index (χ2n) is 7.35. The molecule has 0 aliphatic heterocycles. The van der Waals surface area contributed by atoms with Crippen molar-refractivity contribution in [3.63, 3.8) is 0 Å². The van der Waals surface area contributed by atoms with Gasteiger partial charge in [-0.1, -0.05) is 99.5 Å². The van der Waals surface area contributed by atoms with Crippen molar-refractivity contribution in [3.8, 4) is 11.5 Å². The van der Waals surface area contributed by atoms with E-state index >= 15 is 0 Å². The predicted molar refractivity (Wildman–Crippen MR) is 111 cm³/mol. The molecule has 0 radical (unpaired) electrons. The summed E-state index contributed by atoms with van der Waals surface area (Å²) in [5, 5.41) is 2.74. The maximum atomic E-state index is 3.62. The van der Waals surface area contributed by atoms with Crippen LogP contribution in [0.4, 0.5) is 0 Å². The molecule has 0 amide bonds. The molecule has 0 aliphatic carbocycles. The number of benzene rings is 3. The minimum absolute atomic E-state index is 0.178. The standard InChI is InChI=1S/C24H24Si/c1-24(2,3)21-16-14-20(15-17-21)18-19-25(22-10-6-4-7-11-22)23-12-8-5-9-13-23/h4-17,25H,1-3H3. The molecule has 0 saturated heterocycles. The van der Waals surface area contributed by atoms with Crippen molar-refractivity contribution in [1.82, 2.24) is 0 Å². The van der Waals surface area contributed by atoms with Crippen molar-refractivity contribution in [2.45, 2.75) is 26.2 Å². The van der Waals surface area contributed by atoms with Gasteiger partial charge in [0.25, 0.3) is 0 Å². The van der Waals surface area contributed by atoms with Crippen molar-refractivity contribution < 1.29 is 0 Å². The Kier molecular flexibility index (Phi) is 5.21. The molecule has 0 spiro atoms. The van der Waals surface area contributed by atoms with Gasteiger partial charge in [0.1, 0.15) is 0 Å². The second-order valence-corrected chi connectivity index (χ2v) is 9.84. The third kappa shape index (κ3) is 4.50. The average molecular weight is 341 g/mol. The summed E-state index contributed by atoms with van der Waals surface area (Å²) >= 11 is 0. The summed E-state index contributed by atoms with van der Waals surface area (Å²) < 4.78 is 0. The molecule has 0 atom stereocenters. The molecule has 0 aliphatic rings. The minimum Gasteiger partial charge on any atom is -0.119 e. The highest BCUT2D eigenvalue weighted by molar-refractivity contribution is 6.91. The van der Waals surface area contributed by atoms with Gasteiger partial charge in [-0.2, -0.15) is 0 Å². The van der Waals surface area contributed by atoms with Crippen LogP contribution >= 0.6 is 0 Å². The zero-order chi connectivity index (χ0) is 17.7. The van der Waals surface area contributed by atoms with Crippen LogP contribution in [0, 0.1) is 11.5 Å². The summed E-state index contributed by atoms with van der Waals surface area (Å²) in [6, 6.07) is 30.1. The zero-order valence-electron chi connectivity index (χ0n) is 15.2. The van der Waals surface area contributed by atoms with Crippen molar-refractivity contribution in [2.24, 2.45) is 0 Å². The number of rotatable bonds is 2. The lowest BCUT2D eigenvalue weighted by atomic mass is 9.87. The van der Waals surface area contributed by atoms with E-state index in [0.29, 0.717) is 0 Å². The fourth-order valence-electron chi connectivity index (χ4n) is 2.86. The summed E-state index contributed by atoms with van der Waals surface area (Å²) in [5.74, 6) is 3.43. The van der Waals surface area contributed by atoms with Gasteiger partial charge in [0.2, 0.25) is 0 Å². The van der Waals surface area contributed by atoms with Crippen molar-refractivity contribution >= 4 is 19.2 Å². The second kappa shape index (κ2) is 7.55. The quantitative estimate of drug-likeness (QED) is 0.490. The van der Waals surface area contributed by atoms with Crippen LogP contribution in [-0.2, 0) is 5.41 Å². The summed E-state index contributed by atoms with van der Waals surface area (Å²) in [6.07, 6.45) is 0. The van der Waals surface area contributed by atoms with Crippen molar-refractivity contribution in [2.75, 3.05) is 0 Å². The fraction of sp³-hybridized carbons (Fsp3) is 0.167. The molecule has 25 heavy (non-hydrogen) atoms. The lowest BCUT2D eigenvalue weighted by molar-refractivity contribution is 0.590. The zero-order valence-corrected chi connectivity index (χ0v) is 16.3. The first-order chi connectivity index (χ1) is 12.0. The highest BCUT2D eigenvalue weighted by Crippen LogP contribution is 2.21. The molecular formula is C24H24Si. The van der Waals surface area contributed by atoms with E-state index in [2.05, 4.69) is 117 Å². The van der Waals surface area contributed by atoms with Crippen LogP contribution in [-0.4, -0.2) is 8.80 Å². The van der Waals surface area contributed by atoms with Gasteiger partial charge in [0, 0.05) is 5.56 Å². The Balaban J connectivity index is 1.93. The van der Waals surface area contributed by atoms with E-state index in [4.69, 9.17) is 0 Å². The Hall–Kier alpha value is -2.56. The highest BCUT2D eigenvalue weighted by atomic mass is 28.3. The average Bonchev–Trinajstić information content (AvgIpc) is 2.63. The Morgan fingerprint density at radius 2 is 1.12 bits per heavy atom. The largest absolute Gasteiger partial charge is 0.184 e. The maximum Gasteiger partial charge on any atom is 0.184 e. The molecule has 0 fully saturated rings. The monoisotopic (exact) mass is 340 g/mol. The molecule has 0 heterocycles. The molecule has 1 heteroatoms. The molecule has 0 nitrogen and oxygen atoms in total. The Bertz CT molecular complexity index is 821. The van der Waals surface area contributed by atoms with Crippen LogP contribution in [0.15, 0.2) is 84.9 Å². The van der Waals surface area contributed by atoms with Crippen molar-refractivity contribution in [3.05, 3.63) is 96.1 Å². The number of hydrogen-bond donors (Lipinski definition) is 0. The molecule has 3 rings (SSSR count). The van der Waals surface area contributed by atoms with Gasteiger partial charge in [0.15, 0.2) is 8.80 Å². The Labute approximate surface area is 153 Å². The predicted octanol–water partition coefficient (Wildman–Crippen LogP) is 3.92. The van der Waals surface area contributed by atoms with Gasteiger partial charge < -0.3 is 0 Å². The smallest absolute Gasteiger partial charge is 0.119 e. The molecule has 124 valence electrons. The molecule has 3 aromatic rings. The minimum atomic E-state index is -1.53. The van der Waals surface area contributed by atoms with Crippen LogP contribution in [0.3, 0.4) is 0 Å². The molecule has 3 aromatic carbocycles. The van der Waals surface area contributed by atoms with Gasteiger partial charge >= 0.3 is 0 Å². The molecular weight excluding hydrogens is 316 g/mol. The van der Waals surface area contributed by atoms with Crippen LogP contribution < -0.4 is 10.4 Å². The lowest BCUT2D eigenvalue weighted by Crippen LogP contribution is -2.41. The normalized spacial score (nSPS) is 11.0. The van der Waals surface area contributed by atoms with E-state index in [0.717, 1.165) is 5.56 Å². The highest BCUT2D eigenvalue weighted by Gasteiger charge is 2.14. The topological polar surface area (TPSA) is 0 Å². The van der Waals surface area contributed by atoms with Gasteiger partial charge in [-0.25, -0.2) is 0 Å². The van der Waals surface area contributed by atoms with Crippen LogP contribution in [0.5, 0.6) is 0 Å². The van der Waals surface area contributed by atoms with Gasteiger partial charge in [-0.05, 0) is 33.5 Å². The maximum absolute atomic E-state index is 3.62. The van der Waals surface area contributed by atoms with E-state index in [1.54, 1.807) is 0 Å². The van der Waals surface area contributed by atoms with Gasteiger partial charge in [0.05, 0.1) is 0 Å². The molecule has 0 unspecified atom stereocenters. The lowest BCUT2D eigenvalue weighted by Gasteiger charge is -2.18. The van der Waals surface area contributed by atoms with E-state index in [-0.39, 0.29) is 5.41 Å². The summed E-state index contributed by atoms with van der Waals surface area (Å²) in [5.41, 5.74) is 6.23.